The van der Waals surface area contributed by atoms with E-state index in [0.717, 1.165) is 6.42 Å². The molecule has 0 saturated heterocycles. The van der Waals surface area contributed by atoms with Gasteiger partial charge < -0.3 is 5.48 Å². The third-order valence-corrected chi connectivity index (χ3v) is 2.80. The van der Waals surface area contributed by atoms with Crippen LogP contribution in [0.2, 0.25) is 0 Å². The average molecular weight is 234 g/mol. The Morgan fingerprint density at radius 1 is 1.31 bits per heavy atom. The smallest absolute Gasteiger partial charge is 0.0482 e. The fourth-order valence-electron chi connectivity index (χ4n) is 1.07. The Bertz CT molecular complexity index is 250. The zero-order chi connectivity index (χ0) is 8.97. The second kappa shape index (κ2) is 6.65. The standard InChI is InChI=1S/C9H12S3.H2O/c1-12-8-5-3-2-4-7(8)6-9(10)11;/h2-5,9-11H,6H2,1H3;1H2. The number of rotatable bonds is 3. The van der Waals surface area contributed by atoms with Gasteiger partial charge in [0, 0.05) is 9.48 Å². The third-order valence-electron chi connectivity index (χ3n) is 1.60. The lowest BCUT2D eigenvalue weighted by molar-refractivity contribution is 0.824. The molecule has 13 heavy (non-hydrogen) atoms. The van der Waals surface area contributed by atoms with E-state index in [0.29, 0.717) is 0 Å². The molecule has 0 aliphatic heterocycles. The first-order valence-electron chi connectivity index (χ1n) is 3.72. The summed E-state index contributed by atoms with van der Waals surface area (Å²) in [4.78, 5) is 1.32. The Balaban J connectivity index is 0.00000144. The topological polar surface area (TPSA) is 31.5 Å². The molecule has 0 amide bonds. The van der Waals surface area contributed by atoms with E-state index in [1.165, 1.54) is 10.5 Å². The van der Waals surface area contributed by atoms with Crippen molar-refractivity contribution in [3.05, 3.63) is 29.8 Å². The van der Waals surface area contributed by atoms with Crippen LogP contribution in [-0.2, 0) is 6.42 Å². The van der Waals surface area contributed by atoms with Gasteiger partial charge in [-0.3, -0.25) is 0 Å². The number of benzene rings is 1. The van der Waals surface area contributed by atoms with Crippen molar-refractivity contribution >= 4 is 37.0 Å². The molecule has 0 atom stereocenters. The molecule has 0 aromatic heterocycles. The molecule has 0 bridgehead atoms. The lowest BCUT2D eigenvalue weighted by Gasteiger charge is -2.07. The highest BCUT2D eigenvalue weighted by atomic mass is 32.2. The Morgan fingerprint density at radius 3 is 2.46 bits per heavy atom. The van der Waals surface area contributed by atoms with Crippen LogP contribution in [-0.4, -0.2) is 16.3 Å². The molecular formula is C9H14OS3. The molecule has 1 aromatic rings. The quantitative estimate of drug-likeness (QED) is 0.469. The van der Waals surface area contributed by atoms with Gasteiger partial charge in [-0.05, 0) is 24.3 Å². The Kier molecular flexibility index (Phi) is 6.77. The highest BCUT2D eigenvalue weighted by Gasteiger charge is 2.02. The molecule has 0 unspecified atom stereocenters. The summed E-state index contributed by atoms with van der Waals surface area (Å²) in [6.07, 6.45) is 3.01. The average Bonchev–Trinajstić information content (AvgIpc) is 2.04. The minimum absolute atomic E-state index is 0. The van der Waals surface area contributed by atoms with E-state index >= 15 is 0 Å². The van der Waals surface area contributed by atoms with Gasteiger partial charge in [0.15, 0.2) is 0 Å². The van der Waals surface area contributed by atoms with Gasteiger partial charge in [-0.1, -0.05) is 18.2 Å². The first-order chi connectivity index (χ1) is 5.74. The molecule has 74 valence electrons. The van der Waals surface area contributed by atoms with Gasteiger partial charge in [0.05, 0.1) is 0 Å². The van der Waals surface area contributed by atoms with Crippen molar-refractivity contribution < 1.29 is 5.48 Å². The van der Waals surface area contributed by atoms with Crippen molar-refractivity contribution in [1.82, 2.24) is 0 Å². The van der Waals surface area contributed by atoms with Crippen LogP contribution in [0.1, 0.15) is 5.56 Å². The molecule has 4 heteroatoms. The SMILES string of the molecule is CSc1ccccc1CC(S)S.O. The molecule has 0 radical (unpaired) electrons. The van der Waals surface area contributed by atoms with Crippen LogP contribution in [0.15, 0.2) is 29.2 Å². The summed E-state index contributed by atoms with van der Waals surface area (Å²) in [5, 5.41) is 0. The monoisotopic (exact) mass is 234 g/mol. The van der Waals surface area contributed by atoms with E-state index in [1.807, 2.05) is 0 Å². The van der Waals surface area contributed by atoms with Crippen molar-refractivity contribution in [3.8, 4) is 0 Å². The normalized spacial score (nSPS) is 9.85. The van der Waals surface area contributed by atoms with Crippen LogP contribution < -0.4 is 0 Å². The van der Waals surface area contributed by atoms with Crippen LogP contribution in [0, 0.1) is 0 Å². The van der Waals surface area contributed by atoms with Gasteiger partial charge in [-0.25, -0.2) is 0 Å². The molecule has 0 fully saturated rings. The first kappa shape index (κ1) is 13.2. The van der Waals surface area contributed by atoms with Crippen LogP contribution in [0.25, 0.3) is 0 Å². The van der Waals surface area contributed by atoms with Crippen molar-refractivity contribution in [2.45, 2.75) is 15.9 Å². The number of thiol groups is 2. The zero-order valence-electron chi connectivity index (χ0n) is 7.40. The molecule has 0 heterocycles. The van der Waals surface area contributed by atoms with Crippen LogP contribution >= 0.6 is 37.0 Å². The van der Waals surface area contributed by atoms with Gasteiger partial charge >= 0.3 is 0 Å². The molecule has 1 nitrogen and oxygen atoms in total. The summed E-state index contributed by atoms with van der Waals surface area (Å²) < 4.78 is 0.137. The molecule has 0 aliphatic rings. The van der Waals surface area contributed by atoms with Gasteiger partial charge in [-0.2, -0.15) is 25.3 Å². The largest absolute Gasteiger partial charge is 0.412 e. The van der Waals surface area contributed by atoms with Crippen molar-refractivity contribution in [1.29, 1.82) is 0 Å². The van der Waals surface area contributed by atoms with E-state index in [4.69, 9.17) is 0 Å². The Morgan fingerprint density at radius 2 is 1.92 bits per heavy atom. The van der Waals surface area contributed by atoms with Crippen LogP contribution in [0.5, 0.6) is 0 Å². The molecule has 1 rings (SSSR count). The third kappa shape index (κ3) is 4.31. The minimum Gasteiger partial charge on any atom is -0.412 e. The molecule has 0 saturated carbocycles. The number of thioether (sulfide) groups is 1. The van der Waals surface area contributed by atoms with Gasteiger partial charge in [-0.15, -0.1) is 11.8 Å². The van der Waals surface area contributed by atoms with E-state index in [9.17, 15) is 0 Å². The predicted molar refractivity (Wildman–Crippen MR) is 67.3 cm³/mol. The Hall–Kier alpha value is 0.230. The molecule has 0 aliphatic carbocycles. The van der Waals surface area contributed by atoms with E-state index < -0.39 is 0 Å². The van der Waals surface area contributed by atoms with Gasteiger partial charge in [0.25, 0.3) is 0 Å². The summed E-state index contributed by atoms with van der Waals surface area (Å²) in [6.45, 7) is 0. The number of hydrogen-bond acceptors (Lipinski definition) is 3. The fraction of sp³-hybridized carbons (Fsp3) is 0.333. The van der Waals surface area contributed by atoms with Crippen LogP contribution in [0.4, 0.5) is 0 Å². The maximum atomic E-state index is 4.25. The maximum Gasteiger partial charge on any atom is 0.0482 e. The second-order valence-corrected chi connectivity index (χ2v) is 5.00. The first-order valence-corrected chi connectivity index (χ1v) is 5.98. The minimum atomic E-state index is 0. The maximum absolute atomic E-state index is 4.25. The van der Waals surface area contributed by atoms with E-state index in [-0.39, 0.29) is 10.1 Å². The second-order valence-electron chi connectivity index (χ2n) is 2.50. The molecule has 1 aromatic carbocycles. The highest BCUT2D eigenvalue weighted by Crippen LogP contribution is 2.22. The van der Waals surface area contributed by atoms with E-state index in [1.54, 1.807) is 11.8 Å². The summed E-state index contributed by atoms with van der Waals surface area (Å²) in [7, 11) is 0. The highest BCUT2D eigenvalue weighted by molar-refractivity contribution is 7.99. The zero-order valence-corrected chi connectivity index (χ0v) is 10.0. The predicted octanol–water partition coefficient (Wildman–Crippen LogP) is 2.31. The lowest BCUT2D eigenvalue weighted by atomic mass is 10.2. The van der Waals surface area contributed by atoms with Gasteiger partial charge in [0.2, 0.25) is 0 Å². The Labute approximate surface area is 94.4 Å². The number of hydrogen-bond donors (Lipinski definition) is 2. The molecule has 2 N–H and O–H groups in total. The van der Waals surface area contributed by atoms with Gasteiger partial charge in [0.1, 0.15) is 0 Å². The fourth-order valence-corrected chi connectivity index (χ4v) is 2.09. The summed E-state index contributed by atoms with van der Waals surface area (Å²) >= 11 is 10.3. The summed E-state index contributed by atoms with van der Waals surface area (Å²) in [5.41, 5.74) is 1.33. The van der Waals surface area contributed by atoms with Crippen molar-refractivity contribution in [3.63, 3.8) is 0 Å². The van der Waals surface area contributed by atoms with E-state index in [2.05, 4.69) is 55.8 Å². The van der Waals surface area contributed by atoms with Crippen molar-refractivity contribution in [2.24, 2.45) is 0 Å². The molecule has 0 spiro atoms. The summed E-state index contributed by atoms with van der Waals surface area (Å²) in [6, 6.07) is 8.37. The molecular weight excluding hydrogens is 220 g/mol. The summed E-state index contributed by atoms with van der Waals surface area (Å²) in [5.74, 6) is 0. The van der Waals surface area contributed by atoms with Crippen LogP contribution in [0.3, 0.4) is 0 Å². The van der Waals surface area contributed by atoms with Crippen molar-refractivity contribution in [2.75, 3.05) is 6.26 Å². The lowest BCUT2D eigenvalue weighted by Crippen LogP contribution is -1.95.